The Kier molecular flexibility index (Phi) is 17.5. The fourth-order valence-electron chi connectivity index (χ4n) is 4.65. The molecule has 0 saturated carbocycles. The molecule has 0 aromatic heterocycles. The van der Waals surface area contributed by atoms with Crippen LogP contribution < -0.4 is 0 Å². The minimum absolute atomic E-state index is 0.585. The first-order valence-corrected chi connectivity index (χ1v) is 27.2. The van der Waals surface area contributed by atoms with E-state index in [4.69, 9.17) is 23.7 Å². The van der Waals surface area contributed by atoms with Crippen LogP contribution in [0.25, 0.3) is 0 Å². The van der Waals surface area contributed by atoms with E-state index in [0.717, 1.165) is 26.3 Å². The van der Waals surface area contributed by atoms with Crippen LogP contribution in [0.15, 0.2) is 0 Å². The van der Waals surface area contributed by atoms with Crippen molar-refractivity contribution in [3.63, 3.8) is 0 Å². The third-order valence-corrected chi connectivity index (χ3v) is 21.1. The number of hydrogen-bond acceptors (Lipinski definition) is 7. The molecule has 0 aromatic carbocycles. The standard InChI is InChI=1S/C24H60N2O5Si4/c1-32(2,3)25(33(4,5)6)13-15-27-17-19-29-21-23-31-24-22-30-20-18-28-16-14-26(34(7,8)9)35(10,11)12/h13-24H2,1-12H3. The van der Waals surface area contributed by atoms with E-state index in [9.17, 15) is 0 Å². The minimum atomic E-state index is -1.30. The summed E-state index contributed by atoms with van der Waals surface area (Å²) in [5.74, 6) is 0. The molecule has 11 heteroatoms. The summed E-state index contributed by atoms with van der Waals surface area (Å²) < 4.78 is 33.9. The Hall–Kier alpha value is 0.588. The summed E-state index contributed by atoms with van der Waals surface area (Å²) in [6.45, 7) is 37.6. The fraction of sp³-hybridized carbons (Fsp3) is 1.00. The minimum Gasteiger partial charge on any atom is -0.378 e. The van der Waals surface area contributed by atoms with Gasteiger partial charge >= 0.3 is 0 Å². The predicted octanol–water partition coefficient (Wildman–Crippen LogP) is 5.01. The highest BCUT2D eigenvalue weighted by atomic mass is 28.4. The Morgan fingerprint density at radius 1 is 0.314 bits per heavy atom. The van der Waals surface area contributed by atoms with Crippen LogP contribution in [-0.4, -0.2) is 121 Å². The van der Waals surface area contributed by atoms with Crippen LogP contribution in [0.1, 0.15) is 0 Å². The van der Waals surface area contributed by atoms with Gasteiger partial charge in [0.05, 0.1) is 66.1 Å². The molecule has 35 heavy (non-hydrogen) atoms. The molecule has 0 radical (unpaired) electrons. The highest BCUT2D eigenvalue weighted by Gasteiger charge is 2.34. The zero-order valence-corrected chi connectivity index (χ0v) is 29.4. The van der Waals surface area contributed by atoms with E-state index in [1.807, 2.05) is 0 Å². The van der Waals surface area contributed by atoms with Crippen molar-refractivity contribution in [3.05, 3.63) is 0 Å². The van der Waals surface area contributed by atoms with E-state index >= 15 is 0 Å². The second-order valence-electron chi connectivity index (χ2n) is 13.0. The van der Waals surface area contributed by atoms with Gasteiger partial charge in [0.15, 0.2) is 0 Å². The average molecular weight is 569 g/mol. The molecule has 0 fully saturated rings. The van der Waals surface area contributed by atoms with E-state index in [2.05, 4.69) is 87.0 Å². The molecule has 0 rings (SSSR count). The molecule has 0 atom stereocenters. The maximum atomic E-state index is 5.81. The molecule has 0 N–H and O–H groups in total. The van der Waals surface area contributed by atoms with Gasteiger partial charge in [-0.1, -0.05) is 78.6 Å². The Balaban J connectivity index is 3.57. The molecular formula is C24H60N2O5Si4. The van der Waals surface area contributed by atoms with Crippen molar-refractivity contribution in [1.29, 1.82) is 0 Å². The van der Waals surface area contributed by atoms with Crippen LogP contribution in [0.2, 0.25) is 78.6 Å². The fourth-order valence-corrected chi connectivity index (χ4v) is 23.8. The molecular weight excluding hydrogens is 509 g/mol. The number of ether oxygens (including phenoxy) is 5. The third-order valence-electron chi connectivity index (χ3n) is 5.65. The molecule has 0 aliphatic heterocycles. The van der Waals surface area contributed by atoms with Gasteiger partial charge in [-0.25, -0.2) is 0 Å². The van der Waals surface area contributed by atoms with Gasteiger partial charge in [0.2, 0.25) is 0 Å². The molecule has 0 aromatic rings. The van der Waals surface area contributed by atoms with Gasteiger partial charge < -0.3 is 32.1 Å². The summed E-state index contributed by atoms with van der Waals surface area (Å²) in [6, 6.07) is 0. The van der Waals surface area contributed by atoms with E-state index in [0.29, 0.717) is 52.9 Å². The van der Waals surface area contributed by atoms with Gasteiger partial charge in [-0.3, -0.25) is 0 Å². The average Bonchev–Trinajstić information content (AvgIpc) is 2.65. The molecule has 0 bridgehead atoms. The van der Waals surface area contributed by atoms with Crippen molar-refractivity contribution in [2.75, 3.05) is 79.2 Å². The summed E-state index contributed by atoms with van der Waals surface area (Å²) >= 11 is 0. The van der Waals surface area contributed by atoms with E-state index in [-0.39, 0.29) is 0 Å². The second kappa shape index (κ2) is 17.2. The van der Waals surface area contributed by atoms with Crippen molar-refractivity contribution in [1.82, 2.24) is 8.46 Å². The second-order valence-corrected chi connectivity index (χ2v) is 33.5. The number of nitrogens with zero attached hydrogens (tertiary/aromatic N) is 2. The van der Waals surface area contributed by atoms with Crippen molar-refractivity contribution in [3.8, 4) is 0 Å². The molecule has 0 spiro atoms. The van der Waals surface area contributed by atoms with Crippen LogP contribution in [0.3, 0.4) is 0 Å². The van der Waals surface area contributed by atoms with E-state index in [1.54, 1.807) is 0 Å². The summed E-state index contributed by atoms with van der Waals surface area (Å²) in [7, 11) is -5.19. The quantitative estimate of drug-likeness (QED) is 0.134. The molecule has 0 aliphatic carbocycles. The van der Waals surface area contributed by atoms with E-state index in [1.165, 1.54) is 0 Å². The van der Waals surface area contributed by atoms with Crippen molar-refractivity contribution in [2.45, 2.75) is 78.6 Å². The highest BCUT2D eigenvalue weighted by molar-refractivity contribution is 6.90. The van der Waals surface area contributed by atoms with Crippen molar-refractivity contribution in [2.24, 2.45) is 0 Å². The van der Waals surface area contributed by atoms with Crippen molar-refractivity contribution >= 4 is 32.9 Å². The van der Waals surface area contributed by atoms with Crippen LogP contribution in [0.5, 0.6) is 0 Å². The first-order chi connectivity index (χ1) is 16.0. The molecule has 0 aliphatic rings. The Morgan fingerprint density at radius 2 is 0.486 bits per heavy atom. The first-order valence-electron chi connectivity index (χ1n) is 13.4. The topological polar surface area (TPSA) is 52.6 Å². The highest BCUT2D eigenvalue weighted by Crippen LogP contribution is 2.20. The van der Waals surface area contributed by atoms with Gasteiger partial charge in [0, 0.05) is 13.1 Å². The van der Waals surface area contributed by atoms with Crippen LogP contribution in [0, 0.1) is 0 Å². The summed E-state index contributed by atoms with van der Waals surface area (Å²) in [5.41, 5.74) is 0. The lowest BCUT2D eigenvalue weighted by atomic mass is 10.6. The third kappa shape index (κ3) is 18.5. The maximum absolute atomic E-state index is 5.81. The number of hydrogen-bond donors (Lipinski definition) is 0. The SMILES string of the molecule is C[Si](C)(C)N(CCOCCOCCOCCOCCOCCN([Si](C)(C)C)[Si](C)(C)C)[Si](C)(C)C. The van der Waals surface area contributed by atoms with Crippen LogP contribution in [-0.2, 0) is 23.7 Å². The smallest absolute Gasteiger partial charge is 0.112 e. The zero-order chi connectivity index (χ0) is 27.2. The first kappa shape index (κ1) is 35.6. The predicted molar refractivity (Wildman–Crippen MR) is 161 cm³/mol. The lowest BCUT2D eigenvalue weighted by Crippen LogP contribution is -2.60. The summed E-state index contributed by atoms with van der Waals surface area (Å²) in [5, 5.41) is 0. The van der Waals surface area contributed by atoms with Gasteiger partial charge in [0.1, 0.15) is 32.9 Å². The zero-order valence-electron chi connectivity index (χ0n) is 25.4. The van der Waals surface area contributed by atoms with Crippen molar-refractivity contribution < 1.29 is 23.7 Å². The largest absolute Gasteiger partial charge is 0.378 e. The Labute approximate surface area is 222 Å². The summed E-state index contributed by atoms with van der Waals surface area (Å²) in [4.78, 5) is 0. The maximum Gasteiger partial charge on any atom is 0.112 e. The van der Waals surface area contributed by atoms with Gasteiger partial charge in [-0.05, 0) is 0 Å². The van der Waals surface area contributed by atoms with Crippen LogP contribution >= 0.6 is 0 Å². The Morgan fingerprint density at radius 3 is 0.657 bits per heavy atom. The molecule has 7 nitrogen and oxygen atoms in total. The molecule has 212 valence electrons. The lowest BCUT2D eigenvalue weighted by molar-refractivity contribution is -0.0112. The molecule has 0 saturated heterocycles. The molecule has 0 unspecified atom stereocenters. The van der Waals surface area contributed by atoms with Gasteiger partial charge in [0.25, 0.3) is 0 Å². The van der Waals surface area contributed by atoms with Crippen LogP contribution in [0.4, 0.5) is 0 Å². The number of rotatable bonds is 22. The molecule has 0 heterocycles. The Bertz CT molecular complexity index is 458. The van der Waals surface area contributed by atoms with Gasteiger partial charge in [-0.15, -0.1) is 0 Å². The monoisotopic (exact) mass is 568 g/mol. The summed E-state index contributed by atoms with van der Waals surface area (Å²) in [6.07, 6.45) is 0. The van der Waals surface area contributed by atoms with E-state index < -0.39 is 32.9 Å². The lowest BCUT2D eigenvalue weighted by Gasteiger charge is -2.43. The molecule has 0 amide bonds. The van der Waals surface area contributed by atoms with Gasteiger partial charge in [-0.2, -0.15) is 0 Å². The normalized spacial score (nSPS) is 13.9.